The standard InChI is InChI=1S/C18H16Cl2N2O5/c1-10(18(24)25)27-16-11(4-3-5-15(16)26-2)9-21-22-17(23)13-7-6-12(19)8-14(13)20/h3-10H,1-2H3,(H,22,23)(H,24,25)/b21-9-/t10-/m0/s1. The Kier molecular flexibility index (Phi) is 7.04. The number of rotatable bonds is 7. The van der Waals surface area contributed by atoms with Crippen LogP contribution in [0.4, 0.5) is 0 Å². The molecule has 2 rings (SSSR count). The van der Waals surface area contributed by atoms with Crippen LogP contribution in [0.25, 0.3) is 0 Å². The number of methoxy groups -OCH3 is 1. The molecule has 0 bridgehead atoms. The second-order valence-corrected chi connectivity index (χ2v) is 6.14. The Morgan fingerprint density at radius 3 is 2.63 bits per heavy atom. The van der Waals surface area contributed by atoms with Gasteiger partial charge in [0.25, 0.3) is 5.91 Å². The molecule has 0 aliphatic carbocycles. The molecule has 27 heavy (non-hydrogen) atoms. The molecule has 0 aliphatic rings. The number of benzene rings is 2. The minimum Gasteiger partial charge on any atom is -0.493 e. The Balaban J connectivity index is 2.20. The average molecular weight is 411 g/mol. The van der Waals surface area contributed by atoms with Crippen LogP contribution in [-0.4, -0.2) is 36.4 Å². The number of hydrazone groups is 1. The fraction of sp³-hybridized carbons (Fsp3) is 0.167. The predicted molar refractivity (Wildman–Crippen MR) is 102 cm³/mol. The second-order valence-electron chi connectivity index (χ2n) is 5.30. The average Bonchev–Trinajstić information content (AvgIpc) is 2.62. The quantitative estimate of drug-likeness (QED) is 0.536. The van der Waals surface area contributed by atoms with Gasteiger partial charge in [0.05, 0.1) is 23.9 Å². The Labute approximate surface area is 165 Å². The Morgan fingerprint density at radius 1 is 1.26 bits per heavy atom. The number of amides is 1. The van der Waals surface area contributed by atoms with Crippen LogP contribution in [0.1, 0.15) is 22.8 Å². The summed E-state index contributed by atoms with van der Waals surface area (Å²) in [6, 6.07) is 9.39. The Hall–Kier alpha value is -2.77. The highest BCUT2D eigenvalue weighted by Gasteiger charge is 2.18. The predicted octanol–water partition coefficient (Wildman–Crippen LogP) is 3.62. The first-order valence-corrected chi connectivity index (χ1v) is 8.44. The van der Waals surface area contributed by atoms with Gasteiger partial charge in [-0.05, 0) is 37.3 Å². The molecule has 0 spiro atoms. The summed E-state index contributed by atoms with van der Waals surface area (Å²) in [6.45, 7) is 1.39. The van der Waals surface area contributed by atoms with Gasteiger partial charge in [-0.25, -0.2) is 10.2 Å². The number of carbonyl (C=O) groups excluding carboxylic acids is 1. The number of carboxylic acid groups (broad SMARTS) is 1. The lowest BCUT2D eigenvalue weighted by atomic mass is 10.2. The van der Waals surface area contributed by atoms with E-state index in [0.29, 0.717) is 16.3 Å². The third kappa shape index (κ3) is 5.35. The summed E-state index contributed by atoms with van der Waals surface area (Å²) in [5.74, 6) is -1.14. The van der Waals surface area contributed by atoms with E-state index in [2.05, 4.69) is 10.5 Å². The topological polar surface area (TPSA) is 97.2 Å². The molecule has 7 nitrogen and oxygen atoms in total. The van der Waals surface area contributed by atoms with Gasteiger partial charge in [-0.1, -0.05) is 29.3 Å². The molecule has 0 fully saturated rings. The highest BCUT2D eigenvalue weighted by Crippen LogP contribution is 2.31. The van der Waals surface area contributed by atoms with Crippen LogP contribution in [-0.2, 0) is 4.79 Å². The van der Waals surface area contributed by atoms with E-state index in [1.54, 1.807) is 18.2 Å². The van der Waals surface area contributed by atoms with Gasteiger partial charge in [0.1, 0.15) is 0 Å². The van der Waals surface area contributed by atoms with Gasteiger partial charge in [-0.15, -0.1) is 0 Å². The normalized spacial score (nSPS) is 11.9. The summed E-state index contributed by atoms with van der Waals surface area (Å²) >= 11 is 11.8. The molecule has 2 aromatic rings. The van der Waals surface area contributed by atoms with Crippen LogP contribution >= 0.6 is 23.2 Å². The van der Waals surface area contributed by atoms with Crippen molar-refractivity contribution in [1.29, 1.82) is 0 Å². The van der Waals surface area contributed by atoms with Crippen LogP contribution in [0.3, 0.4) is 0 Å². The molecule has 0 unspecified atom stereocenters. The van der Waals surface area contributed by atoms with Gasteiger partial charge in [0.2, 0.25) is 0 Å². The first-order valence-electron chi connectivity index (χ1n) is 7.68. The zero-order valence-electron chi connectivity index (χ0n) is 14.4. The number of aliphatic carboxylic acids is 1. The maximum Gasteiger partial charge on any atom is 0.344 e. The summed E-state index contributed by atoms with van der Waals surface area (Å²) in [6.07, 6.45) is 0.213. The third-order valence-electron chi connectivity index (χ3n) is 3.42. The number of hydrogen-bond donors (Lipinski definition) is 2. The molecule has 1 amide bonds. The van der Waals surface area contributed by atoms with Gasteiger partial charge < -0.3 is 14.6 Å². The highest BCUT2D eigenvalue weighted by atomic mass is 35.5. The molecule has 142 valence electrons. The van der Waals surface area contributed by atoms with Crippen molar-refractivity contribution in [3.63, 3.8) is 0 Å². The number of para-hydroxylation sites is 1. The van der Waals surface area contributed by atoms with E-state index in [4.69, 9.17) is 37.8 Å². The fourth-order valence-electron chi connectivity index (χ4n) is 2.04. The first-order chi connectivity index (χ1) is 12.8. The van der Waals surface area contributed by atoms with E-state index < -0.39 is 18.0 Å². The molecule has 0 aliphatic heterocycles. The Morgan fingerprint density at radius 2 is 2.00 bits per heavy atom. The smallest absolute Gasteiger partial charge is 0.344 e. The number of halogens is 2. The number of hydrogen-bond acceptors (Lipinski definition) is 5. The molecular formula is C18H16Cl2N2O5. The summed E-state index contributed by atoms with van der Waals surface area (Å²) < 4.78 is 10.6. The maximum absolute atomic E-state index is 12.2. The molecule has 0 aromatic heterocycles. The van der Waals surface area contributed by atoms with E-state index in [9.17, 15) is 9.59 Å². The Bertz CT molecular complexity index is 886. The minimum atomic E-state index is -1.13. The minimum absolute atomic E-state index is 0.191. The van der Waals surface area contributed by atoms with E-state index in [1.807, 2.05) is 0 Å². The monoisotopic (exact) mass is 410 g/mol. The molecule has 2 aromatic carbocycles. The van der Waals surface area contributed by atoms with Crippen LogP contribution < -0.4 is 14.9 Å². The van der Waals surface area contributed by atoms with Crippen molar-refractivity contribution in [1.82, 2.24) is 5.43 Å². The van der Waals surface area contributed by atoms with Gasteiger partial charge in [-0.2, -0.15) is 5.10 Å². The molecule has 1 atom stereocenters. The molecular weight excluding hydrogens is 395 g/mol. The SMILES string of the molecule is COc1cccc(/C=N\NC(=O)c2ccc(Cl)cc2Cl)c1O[C@@H](C)C(=O)O. The summed E-state index contributed by atoms with van der Waals surface area (Å²) in [5, 5.41) is 13.5. The maximum atomic E-state index is 12.2. The number of ether oxygens (including phenoxy) is 2. The molecule has 0 heterocycles. The van der Waals surface area contributed by atoms with Crippen LogP contribution in [0.2, 0.25) is 10.0 Å². The van der Waals surface area contributed by atoms with Crippen molar-refractivity contribution in [2.24, 2.45) is 5.10 Å². The number of nitrogens with one attached hydrogen (secondary N) is 1. The third-order valence-corrected chi connectivity index (χ3v) is 3.96. The lowest BCUT2D eigenvalue weighted by molar-refractivity contribution is -0.144. The van der Waals surface area contributed by atoms with Crippen LogP contribution in [0.15, 0.2) is 41.5 Å². The van der Waals surface area contributed by atoms with Gasteiger partial charge in [0.15, 0.2) is 17.6 Å². The molecule has 2 N–H and O–H groups in total. The van der Waals surface area contributed by atoms with Crippen molar-refractivity contribution in [2.75, 3.05) is 7.11 Å². The first kappa shape index (κ1) is 20.5. The second kappa shape index (κ2) is 9.25. The van der Waals surface area contributed by atoms with E-state index >= 15 is 0 Å². The van der Waals surface area contributed by atoms with Crippen LogP contribution in [0.5, 0.6) is 11.5 Å². The van der Waals surface area contributed by atoms with Crippen molar-refractivity contribution >= 4 is 41.3 Å². The zero-order chi connectivity index (χ0) is 20.0. The van der Waals surface area contributed by atoms with Crippen LogP contribution in [0, 0.1) is 0 Å². The zero-order valence-corrected chi connectivity index (χ0v) is 15.9. The number of carbonyl (C=O) groups is 2. The summed E-state index contributed by atoms with van der Waals surface area (Å²) in [5.41, 5.74) is 2.97. The van der Waals surface area contributed by atoms with Crippen molar-refractivity contribution < 1.29 is 24.2 Å². The van der Waals surface area contributed by atoms with E-state index in [1.165, 1.54) is 38.4 Å². The largest absolute Gasteiger partial charge is 0.493 e. The summed E-state index contributed by atoms with van der Waals surface area (Å²) in [4.78, 5) is 23.2. The van der Waals surface area contributed by atoms with Crippen molar-refractivity contribution in [2.45, 2.75) is 13.0 Å². The molecule has 9 heteroatoms. The van der Waals surface area contributed by atoms with Gasteiger partial charge in [-0.3, -0.25) is 4.79 Å². The van der Waals surface area contributed by atoms with Crippen molar-refractivity contribution in [3.8, 4) is 11.5 Å². The molecule has 0 saturated heterocycles. The van der Waals surface area contributed by atoms with E-state index in [-0.39, 0.29) is 16.3 Å². The number of nitrogens with zero attached hydrogens (tertiary/aromatic N) is 1. The van der Waals surface area contributed by atoms with Crippen molar-refractivity contribution in [3.05, 3.63) is 57.6 Å². The number of carboxylic acids is 1. The van der Waals surface area contributed by atoms with Gasteiger partial charge >= 0.3 is 5.97 Å². The lowest BCUT2D eigenvalue weighted by Gasteiger charge is -2.15. The molecule has 0 saturated carbocycles. The summed E-state index contributed by atoms with van der Waals surface area (Å²) in [7, 11) is 1.43. The van der Waals surface area contributed by atoms with E-state index in [0.717, 1.165) is 0 Å². The fourth-order valence-corrected chi connectivity index (χ4v) is 2.54. The lowest BCUT2D eigenvalue weighted by Crippen LogP contribution is -2.24. The van der Waals surface area contributed by atoms with Gasteiger partial charge in [0, 0.05) is 10.6 Å². The highest BCUT2D eigenvalue weighted by molar-refractivity contribution is 6.36. The molecule has 0 radical (unpaired) electrons.